The maximum absolute atomic E-state index is 11.1. The molecule has 0 aliphatic carbocycles. The average molecular weight is 287 g/mol. The normalized spacial score (nSPS) is 11.1. The van der Waals surface area contributed by atoms with Crippen LogP contribution in [0.15, 0.2) is 16.6 Å². The van der Waals surface area contributed by atoms with Crippen LogP contribution in [0, 0.1) is 0 Å². The molecule has 0 heterocycles. The number of carbonyl (C=O) groups is 1. The fourth-order valence-corrected chi connectivity index (χ4v) is 1.91. The highest BCUT2D eigenvalue weighted by atomic mass is 79.9. The number of ether oxygens (including phenoxy) is 2. The summed E-state index contributed by atoms with van der Waals surface area (Å²) in [5, 5.41) is 0. The van der Waals surface area contributed by atoms with E-state index in [9.17, 15) is 4.79 Å². The van der Waals surface area contributed by atoms with Gasteiger partial charge in [-0.25, -0.2) is 0 Å². The summed E-state index contributed by atoms with van der Waals surface area (Å²) in [4.78, 5) is 11.1. The van der Waals surface area contributed by atoms with Crippen molar-refractivity contribution in [3.8, 4) is 11.5 Å². The summed E-state index contributed by atoms with van der Waals surface area (Å²) in [6, 6.07) is 3.68. The van der Waals surface area contributed by atoms with Gasteiger partial charge in [0.2, 0.25) is 0 Å². The number of methoxy groups -OCH3 is 2. The lowest BCUT2D eigenvalue weighted by atomic mass is 9.85. The van der Waals surface area contributed by atoms with Crippen LogP contribution in [0.5, 0.6) is 11.5 Å². The van der Waals surface area contributed by atoms with Gasteiger partial charge >= 0.3 is 0 Å². The molecule has 0 unspecified atom stereocenters. The lowest BCUT2D eigenvalue weighted by Crippen LogP contribution is -2.20. The molecule has 1 aromatic carbocycles. The Kier molecular flexibility index (Phi) is 3.97. The molecule has 0 atom stereocenters. The lowest BCUT2D eigenvalue weighted by Gasteiger charge is -2.22. The number of benzene rings is 1. The molecule has 0 bridgehead atoms. The van der Waals surface area contributed by atoms with Crippen molar-refractivity contribution in [3.63, 3.8) is 0 Å². The zero-order valence-electron chi connectivity index (χ0n) is 9.83. The highest BCUT2D eigenvalue weighted by Crippen LogP contribution is 2.40. The number of aldehydes is 1. The zero-order valence-corrected chi connectivity index (χ0v) is 11.4. The summed E-state index contributed by atoms with van der Waals surface area (Å²) in [7, 11) is 3.14. The van der Waals surface area contributed by atoms with Crippen molar-refractivity contribution in [2.24, 2.45) is 0 Å². The second kappa shape index (κ2) is 4.87. The first-order valence-corrected chi connectivity index (χ1v) is 5.64. The summed E-state index contributed by atoms with van der Waals surface area (Å²) in [5.74, 6) is 1.21. The molecule has 1 rings (SSSR count). The Labute approximate surface area is 104 Å². The van der Waals surface area contributed by atoms with E-state index in [2.05, 4.69) is 15.9 Å². The van der Waals surface area contributed by atoms with Crippen LogP contribution in [0.1, 0.15) is 19.4 Å². The van der Waals surface area contributed by atoms with Crippen molar-refractivity contribution >= 4 is 22.2 Å². The monoisotopic (exact) mass is 286 g/mol. The molecule has 4 heteroatoms. The fourth-order valence-electron chi connectivity index (χ4n) is 1.47. The third kappa shape index (κ3) is 2.38. The molecule has 0 saturated heterocycles. The predicted octanol–water partition coefficient (Wildman–Crippen LogP) is 2.94. The molecular weight excluding hydrogens is 272 g/mol. The van der Waals surface area contributed by atoms with Crippen LogP contribution in [-0.4, -0.2) is 20.5 Å². The Morgan fingerprint density at radius 2 is 1.88 bits per heavy atom. The maximum Gasteiger partial charge on any atom is 0.164 e. The van der Waals surface area contributed by atoms with Crippen LogP contribution in [0.25, 0.3) is 0 Å². The molecule has 88 valence electrons. The minimum Gasteiger partial charge on any atom is -0.493 e. The van der Waals surface area contributed by atoms with Gasteiger partial charge in [0.1, 0.15) is 6.29 Å². The first kappa shape index (κ1) is 13.0. The second-order valence-electron chi connectivity index (χ2n) is 4.03. The quantitative estimate of drug-likeness (QED) is 0.799. The highest BCUT2D eigenvalue weighted by Gasteiger charge is 2.26. The average Bonchev–Trinajstić information content (AvgIpc) is 2.27. The SMILES string of the molecule is COc1cc(Br)cc(C(C)(C)C=O)c1OC. The predicted molar refractivity (Wildman–Crippen MR) is 66.3 cm³/mol. The topological polar surface area (TPSA) is 35.5 Å². The van der Waals surface area contributed by atoms with Gasteiger partial charge in [0.25, 0.3) is 0 Å². The van der Waals surface area contributed by atoms with Gasteiger partial charge in [0, 0.05) is 15.5 Å². The molecule has 0 spiro atoms. The Hall–Kier alpha value is -1.03. The van der Waals surface area contributed by atoms with Crippen LogP contribution in [0.4, 0.5) is 0 Å². The van der Waals surface area contributed by atoms with E-state index in [1.54, 1.807) is 14.2 Å². The molecule has 16 heavy (non-hydrogen) atoms. The zero-order chi connectivity index (χ0) is 12.3. The van der Waals surface area contributed by atoms with Gasteiger partial charge in [-0.1, -0.05) is 15.9 Å². The van der Waals surface area contributed by atoms with Gasteiger partial charge in [0.15, 0.2) is 11.5 Å². The standard InChI is InChI=1S/C12H15BrO3/c1-12(2,7-14)9-5-8(13)6-10(15-3)11(9)16-4/h5-7H,1-4H3. The van der Waals surface area contributed by atoms with Gasteiger partial charge in [-0.3, -0.25) is 0 Å². The Morgan fingerprint density at radius 3 is 2.31 bits per heavy atom. The Bertz CT molecular complexity index is 399. The van der Waals surface area contributed by atoms with Crippen LogP contribution >= 0.6 is 15.9 Å². The van der Waals surface area contributed by atoms with Gasteiger partial charge in [0.05, 0.1) is 14.2 Å². The molecule has 0 N–H and O–H groups in total. The molecule has 3 nitrogen and oxygen atoms in total. The smallest absolute Gasteiger partial charge is 0.164 e. The Balaban J connectivity index is 3.48. The molecular formula is C12H15BrO3. The first-order valence-electron chi connectivity index (χ1n) is 4.84. The first-order chi connectivity index (χ1) is 7.46. The number of rotatable bonds is 4. The molecule has 1 aromatic rings. The third-order valence-corrected chi connectivity index (χ3v) is 2.89. The molecule has 0 fully saturated rings. The van der Waals surface area contributed by atoms with Crippen molar-refractivity contribution in [1.29, 1.82) is 0 Å². The maximum atomic E-state index is 11.1. The van der Waals surface area contributed by atoms with E-state index in [0.29, 0.717) is 11.5 Å². The van der Waals surface area contributed by atoms with Crippen molar-refractivity contribution < 1.29 is 14.3 Å². The van der Waals surface area contributed by atoms with Gasteiger partial charge < -0.3 is 14.3 Å². The summed E-state index contributed by atoms with van der Waals surface area (Å²) in [5.41, 5.74) is 0.193. The van der Waals surface area contributed by atoms with Crippen molar-refractivity contribution in [2.45, 2.75) is 19.3 Å². The van der Waals surface area contributed by atoms with E-state index >= 15 is 0 Å². The molecule has 0 aliphatic rings. The highest BCUT2D eigenvalue weighted by molar-refractivity contribution is 9.10. The van der Waals surface area contributed by atoms with E-state index in [-0.39, 0.29) is 0 Å². The Morgan fingerprint density at radius 1 is 1.25 bits per heavy atom. The van der Waals surface area contributed by atoms with Crippen LogP contribution < -0.4 is 9.47 Å². The summed E-state index contributed by atoms with van der Waals surface area (Å²) in [6.07, 6.45) is 0.900. The van der Waals surface area contributed by atoms with Gasteiger partial charge in [-0.15, -0.1) is 0 Å². The summed E-state index contributed by atoms with van der Waals surface area (Å²) >= 11 is 3.39. The van der Waals surface area contributed by atoms with E-state index in [1.807, 2.05) is 26.0 Å². The lowest BCUT2D eigenvalue weighted by molar-refractivity contribution is -0.111. The van der Waals surface area contributed by atoms with Gasteiger partial charge in [-0.2, -0.15) is 0 Å². The number of halogens is 1. The molecule has 0 radical (unpaired) electrons. The van der Waals surface area contributed by atoms with E-state index in [1.165, 1.54) is 0 Å². The van der Waals surface area contributed by atoms with E-state index < -0.39 is 5.41 Å². The number of carbonyl (C=O) groups excluding carboxylic acids is 1. The van der Waals surface area contributed by atoms with Crippen molar-refractivity contribution in [2.75, 3.05) is 14.2 Å². The van der Waals surface area contributed by atoms with Crippen molar-refractivity contribution in [1.82, 2.24) is 0 Å². The molecule has 0 saturated carbocycles. The van der Waals surface area contributed by atoms with Crippen LogP contribution in [-0.2, 0) is 10.2 Å². The minimum absolute atomic E-state index is 0.600. The minimum atomic E-state index is -0.609. The van der Waals surface area contributed by atoms with E-state index in [0.717, 1.165) is 16.3 Å². The molecule has 0 aromatic heterocycles. The second-order valence-corrected chi connectivity index (χ2v) is 4.94. The largest absolute Gasteiger partial charge is 0.493 e. The van der Waals surface area contributed by atoms with E-state index in [4.69, 9.17) is 9.47 Å². The fraction of sp³-hybridized carbons (Fsp3) is 0.417. The summed E-state index contributed by atoms with van der Waals surface area (Å²) in [6.45, 7) is 3.67. The van der Waals surface area contributed by atoms with Crippen LogP contribution in [0.3, 0.4) is 0 Å². The van der Waals surface area contributed by atoms with Gasteiger partial charge in [-0.05, 0) is 26.0 Å². The summed E-state index contributed by atoms with van der Waals surface area (Å²) < 4.78 is 11.4. The van der Waals surface area contributed by atoms with Crippen molar-refractivity contribution in [3.05, 3.63) is 22.2 Å². The third-order valence-electron chi connectivity index (χ3n) is 2.43. The number of hydrogen-bond donors (Lipinski definition) is 0. The molecule has 0 amide bonds. The molecule has 0 aliphatic heterocycles. The number of hydrogen-bond acceptors (Lipinski definition) is 3. The van der Waals surface area contributed by atoms with Crippen LogP contribution in [0.2, 0.25) is 0 Å².